The van der Waals surface area contributed by atoms with Crippen molar-refractivity contribution in [1.82, 2.24) is 0 Å². The number of hydrogen-bond acceptors (Lipinski definition) is 10. The van der Waals surface area contributed by atoms with E-state index in [0.717, 1.165) is 21.9 Å². The normalized spacial score (nSPS) is 11.0. The molecule has 0 saturated carbocycles. The van der Waals surface area contributed by atoms with Crippen LogP contribution in [0.25, 0.3) is 21.5 Å². The number of nitrogens with zero attached hydrogens (tertiary/aromatic N) is 4. The Labute approximate surface area is 370 Å². The van der Waals surface area contributed by atoms with Gasteiger partial charge in [0.25, 0.3) is 0 Å². The Hall–Kier alpha value is -6.88. The van der Waals surface area contributed by atoms with Gasteiger partial charge in [-0.25, -0.2) is 0 Å². The molecule has 8 aromatic carbocycles. The van der Waals surface area contributed by atoms with Crippen molar-refractivity contribution in [3.05, 3.63) is 190 Å². The van der Waals surface area contributed by atoms with Gasteiger partial charge in [0.2, 0.25) is 0 Å². The zero-order valence-electron chi connectivity index (χ0n) is 31.9. The molecule has 0 aliphatic rings. The summed E-state index contributed by atoms with van der Waals surface area (Å²) in [5, 5.41) is 61.7. The Morgan fingerprint density at radius 1 is 0.443 bits per heavy atom. The van der Waals surface area contributed by atoms with Crippen molar-refractivity contribution in [2.24, 2.45) is 20.5 Å². The van der Waals surface area contributed by atoms with Gasteiger partial charge in [-0.1, -0.05) is 132 Å². The molecule has 0 amide bonds. The van der Waals surface area contributed by atoms with Gasteiger partial charge in [-0.15, -0.1) is 20.5 Å². The van der Waals surface area contributed by atoms with E-state index in [1.165, 1.54) is 36.4 Å². The van der Waals surface area contributed by atoms with Crippen LogP contribution in [-0.2, 0) is 29.9 Å². The molecule has 304 valence electrons. The third-order valence-electron chi connectivity index (χ3n) is 9.40. The minimum absolute atomic E-state index is 0. The zero-order valence-corrected chi connectivity index (χ0v) is 34.5. The third kappa shape index (κ3) is 10.5. The number of hydrogen-bond donors (Lipinski definition) is 4. The first-order valence-corrected chi connectivity index (χ1v) is 19.3. The van der Waals surface area contributed by atoms with E-state index in [2.05, 4.69) is 20.5 Å². The monoisotopic (exact) mass is 888 g/mol. The average Bonchev–Trinajstić information content (AvgIpc) is 3.25. The Balaban J connectivity index is 0.000000201. The van der Waals surface area contributed by atoms with Crippen molar-refractivity contribution in [3.8, 4) is 23.0 Å². The maximum Gasteiger partial charge on any atom is 0.171 e. The molecule has 13 heteroatoms. The van der Waals surface area contributed by atoms with Gasteiger partial charge in [-0.2, -0.15) is 0 Å². The largest absolute Gasteiger partial charge is 0.506 e. The number of aromatic hydroxyl groups is 4. The molecule has 0 spiro atoms. The number of carbonyl (C=O) groups excluding carboxylic acids is 2. The Bertz CT molecular complexity index is 2750. The van der Waals surface area contributed by atoms with Crippen molar-refractivity contribution < 1.29 is 47.1 Å². The second-order valence-corrected chi connectivity index (χ2v) is 14.4. The topological polar surface area (TPSA) is 164 Å². The molecule has 0 radical (unpaired) electrons. The molecule has 10 nitrogen and oxygen atoms in total. The van der Waals surface area contributed by atoms with Gasteiger partial charge in [0, 0.05) is 50.7 Å². The summed E-state index contributed by atoms with van der Waals surface area (Å²) >= 11 is 11.9. The van der Waals surface area contributed by atoms with Crippen LogP contribution in [0, 0.1) is 0 Å². The van der Waals surface area contributed by atoms with E-state index >= 15 is 0 Å². The van der Waals surface area contributed by atoms with Gasteiger partial charge >= 0.3 is 0 Å². The summed E-state index contributed by atoms with van der Waals surface area (Å²) in [6.45, 7) is 0. The molecule has 0 bridgehead atoms. The molecule has 0 aliphatic heterocycles. The third-order valence-corrected chi connectivity index (χ3v) is 9.87. The minimum atomic E-state index is -0.250. The van der Waals surface area contributed by atoms with Crippen molar-refractivity contribution in [2.45, 2.75) is 12.8 Å². The van der Waals surface area contributed by atoms with Gasteiger partial charge < -0.3 is 20.4 Å². The van der Waals surface area contributed by atoms with E-state index in [4.69, 9.17) is 23.2 Å². The van der Waals surface area contributed by atoms with Crippen LogP contribution in [0.5, 0.6) is 23.0 Å². The number of ketones is 2. The Morgan fingerprint density at radius 2 is 0.803 bits per heavy atom. The number of fused-ring (bicyclic) bond motifs is 2. The van der Waals surface area contributed by atoms with E-state index in [1.54, 1.807) is 24.3 Å². The quantitative estimate of drug-likeness (QED) is 0.0606. The number of phenols is 4. The van der Waals surface area contributed by atoms with Crippen molar-refractivity contribution in [2.75, 3.05) is 0 Å². The smallest absolute Gasteiger partial charge is 0.171 e. The van der Waals surface area contributed by atoms with Crippen molar-refractivity contribution in [1.29, 1.82) is 0 Å². The molecule has 0 fully saturated rings. The summed E-state index contributed by atoms with van der Waals surface area (Å²) < 4.78 is 0. The molecule has 61 heavy (non-hydrogen) atoms. The molecule has 0 unspecified atom stereocenters. The van der Waals surface area contributed by atoms with E-state index < -0.39 is 0 Å². The van der Waals surface area contributed by atoms with Gasteiger partial charge in [0.15, 0.2) is 23.1 Å². The van der Waals surface area contributed by atoms with Gasteiger partial charge in [-0.3, -0.25) is 9.59 Å². The number of benzene rings is 8. The van der Waals surface area contributed by atoms with E-state index in [9.17, 15) is 30.0 Å². The zero-order chi connectivity index (χ0) is 42.2. The van der Waals surface area contributed by atoms with Crippen molar-refractivity contribution in [3.63, 3.8) is 0 Å². The van der Waals surface area contributed by atoms with Crippen LogP contribution in [0.3, 0.4) is 0 Å². The van der Waals surface area contributed by atoms with E-state index in [0.29, 0.717) is 20.8 Å². The van der Waals surface area contributed by atoms with E-state index in [-0.39, 0.29) is 98.4 Å². The Morgan fingerprint density at radius 3 is 1.20 bits per heavy atom. The number of halogens is 2. The standard InChI is InChI=1S/2C24H17ClN2O3.Fe/c2*25-17-10-11-21(28)20(14-17)26-27-23-18-9-5-4-8-16(18)13-19(24(23)30)22(29)12-15-6-2-1-3-7-15;/h2*1-11,13-14,28,30H,12H2;. The van der Waals surface area contributed by atoms with Gasteiger partial charge in [0.1, 0.15) is 34.2 Å². The van der Waals surface area contributed by atoms with Crippen molar-refractivity contribution >= 4 is 79.1 Å². The summed E-state index contributed by atoms with van der Waals surface area (Å²) in [5.74, 6) is -1.15. The number of Topliss-reactive ketones (excluding diaryl/α,β-unsaturated/α-hetero) is 2. The van der Waals surface area contributed by atoms with Crippen LogP contribution in [0.15, 0.2) is 178 Å². The second kappa shape index (κ2) is 19.9. The molecule has 0 heterocycles. The molecular formula is C48H34Cl2FeN4O6. The predicted molar refractivity (Wildman–Crippen MR) is 235 cm³/mol. The molecule has 0 aliphatic carbocycles. The van der Waals surface area contributed by atoms with Gasteiger partial charge in [-0.05, 0) is 70.4 Å². The summed E-state index contributed by atoms with van der Waals surface area (Å²) in [5.41, 5.74) is 2.67. The first-order valence-electron chi connectivity index (χ1n) is 18.5. The minimum Gasteiger partial charge on any atom is -0.506 e. The average molecular weight is 890 g/mol. The van der Waals surface area contributed by atoms with Crippen LogP contribution in [0.1, 0.15) is 31.8 Å². The fourth-order valence-electron chi connectivity index (χ4n) is 6.38. The first-order chi connectivity index (χ1) is 29.0. The van der Waals surface area contributed by atoms with E-state index in [1.807, 2.05) is 97.1 Å². The van der Waals surface area contributed by atoms with Crippen LogP contribution in [0.2, 0.25) is 10.0 Å². The first kappa shape index (κ1) is 43.7. The number of rotatable bonds is 10. The summed E-state index contributed by atoms with van der Waals surface area (Å²) in [4.78, 5) is 25.8. The molecule has 8 rings (SSSR count). The number of phenolic OH excluding ortho intramolecular Hbond substituents is 4. The summed E-state index contributed by atoms with van der Waals surface area (Å²) in [7, 11) is 0. The number of azo groups is 2. The van der Waals surface area contributed by atoms with Crippen LogP contribution >= 0.6 is 23.2 Å². The Kier molecular flexibility index (Phi) is 14.3. The summed E-state index contributed by atoms with van der Waals surface area (Å²) in [6, 6.07) is 45.3. The van der Waals surface area contributed by atoms with Crippen LogP contribution in [0.4, 0.5) is 22.7 Å². The SMILES string of the molecule is O=C(Cc1ccccc1)c1cc2ccccc2c(N=Nc2cc(Cl)ccc2O)c1O.O=C(Cc1ccccc1)c1cc2ccccc2c(N=Nc2cc(Cl)ccc2O)c1O.[Fe]. The maximum absolute atomic E-state index is 12.9. The molecular weight excluding hydrogens is 855 g/mol. The molecule has 8 aromatic rings. The number of carbonyl (C=O) groups is 2. The maximum atomic E-state index is 12.9. The molecule has 0 saturated heterocycles. The summed E-state index contributed by atoms with van der Waals surface area (Å²) in [6.07, 6.45) is 0.302. The molecule has 4 N–H and O–H groups in total. The van der Waals surface area contributed by atoms with Gasteiger partial charge in [0.05, 0.1) is 11.1 Å². The second-order valence-electron chi connectivity index (χ2n) is 13.5. The molecule has 0 atom stereocenters. The van der Waals surface area contributed by atoms with Crippen LogP contribution < -0.4 is 0 Å². The fraction of sp³-hybridized carbons (Fsp3) is 0.0417. The fourth-order valence-corrected chi connectivity index (χ4v) is 6.71. The molecule has 0 aromatic heterocycles. The predicted octanol–water partition coefficient (Wildman–Crippen LogP) is 13.5. The van der Waals surface area contributed by atoms with Crippen LogP contribution in [-0.4, -0.2) is 32.0 Å².